The fraction of sp³-hybridized carbons (Fsp3) is 0.200. The predicted molar refractivity (Wildman–Crippen MR) is 62.8 cm³/mol. The van der Waals surface area contributed by atoms with Crippen LogP contribution < -0.4 is 11.1 Å². The van der Waals surface area contributed by atoms with Gasteiger partial charge in [0.1, 0.15) is 10.8 Å². The number of nitrogens with one attached hydrogen (secondary N) is 1. The second-order valence-electron chi connectivity index (χ2n) is 3.24. The number of pyridine rings is 1. The molecule has 4 nitrogen and oxygen atoms in total. The SMILES string of the molecule is Cc1c(N)nsc1NCc1cccnc1. The van der Waals surface area contributed by atoms with Gasteiger partial charge in [-0.15, -0.1) is 0 Å². The van der Waals surface area contributed by atoms with Gasteiger partial charge in [0.2, 0.25) is 0 Å². The molecule has 5 heteroatoms. The van der Waals surface area contributed by atoms with Gasteiger partial charge in [0.05, 0.1) is 0 Å². The van der Waals surface area contributed by atoms with Crippen molar-refractivity contribution in [3.05, 3.63) is 35.7 Å². The van der Waals surface area contributed by atoms with Crippen molar-refractivity contribution in [2.45, 2.75) is 13.5 Å². The predicted octanol–water partition coefficient (Wildman–Crippen LogP) is 2.04. The molecule has 0 unspecified atom stereocenters. The minimum Gasteiger partial charge on any atom is -0.383 e. The van der Waals surface area contributed by atoms with Crippen LogP contribution in [0.2, 0.25) is 0 Å². The lowest BCUT2D eigenvalue weighted by atomic mass is 10.3. The van der Waals surface area contributed by atoms with Gasteiger partial charge in [-0.25, -0.2) is 0 Å². The van der Waals surface area contributed by atoms with Crippen molar-refractivity contribution in [1.29, 1.82) is 0 Å². The summed E-state index contributed by atoms with van der Waals surface area (Å²) in [7, 11) is 0. The van der Waals surface area contributed by atoms with Gasteiger partial charge in [-0.3, -0.25) is 4.98 Å². The third-order valence-electron chi connectivity index (χ3n) is 2.14. The van der Waals surface area contributed by atoms with Gasteiger partial charge in [0.15, 0.2) is 0 Å². The number of hydrogen-bond acceptors (Lipinski definition) is 5. The van der Waals surface area contributed by atoms with E-state index in [9.17, 15) is 0 Å². The zero-order chi connectivity index (χ0) is 10.7. The molecule has 2 rings (SSSR count). The molecule has 0 atom stereocenters. The zero-order valence-corrected chi connectivity index (χ0v) is 9.21. The van der Waals surface area contributed by atoms with E-state index in [1.165, 1.54) is 11.5 Å². The molecule has 0 bridgehead atoms. The molecule has 0 aliphatic carbocycles. The molecule has 0 radical (unpaired) electrons. The Labute approximate surface area is 92.3 Å². The van der Waals surface area contributed by atoms with Crippen molar-refractivity contribution in [3.8, 4) is 0 Å². The van der Waals surface area contributed by atoms with Crippen LogP contribution in [0, 0.1) is 6.92 Å². The average molecular weight is 220 g/mol. The third kappa shape index (κ3) is 2.24. The zero-order valence-electron chi connectivity index (χ0n) is 8.40. The molecule has 2 heterocycles. The Bertz CT molecular complexity index is 438. The molecule has 0 saturated carbocycles. The number of anilines is 2. The fourth-order valence-corrected chi connectivity index (χ4v) is 1.90. The molecule has 0 saturated heterocycles. The Morgan fingerprint density at radius 2 is 2.40 bits per heavy atom. The largest absolute Gasteiger partial charge is 0.383 e. The van der Waals surface area contributed by atoms with E-state index in [1.54, 1.807) is 6.20 Å². The van der Waals surface area contributed by atoms with Gasteiger partial charge in [0, 0.05) is 24.5 Å². The first kappa shape index (κ1) is 9.92. The molecule has 0 aliphatic heterocycles. The van der Waals surface area contributed by atoms with Gasteiger partial charge in [0.25, 0.3) is 0 Å². The van der Waals surface area contributed by atoms with Crippen LogP contribution in [0.5, 0.6) is 0 Å². The van der Waals surface area contributed by atoms with Gasteiger partial charge in [-0.2, -0.15) is 4.37 Å². The Kier molecular flexibility index (Phi) is 2.82. The Morgan fingerprint density at radius 1 is 1.53 bits per heavy atom. The van der Waals surface area contributed by atoms with E-state index in [0.29, 0.717) is 5.82 Å². The summed E-state index contributed by atoms with van der Waals surface area (Å²) in [6, 6.07) is 3.95. The van der Waals surface area contributed by atoms with Crippen LogP contribution in [0.15, 0.2) is 24.5 Å². The van der Waals surface area contributed by atoms with E-state index < -0.39 is 0 Å². The van der Waals surface area contributed by atoms with Gasteiger partial charge in [-0.05, 0) is 30.1 Å². The van der Waals surface area contributed by atoms with Crippen LogP contribution in [0.3, 0.4) is 0 Å². The number of hydrogen-bond donors (Lipinski definition) is 2. The average Bonchev–Trinajstić information content (AvgIpc) is 2.59. The second-order valence-corrected chi connectivity index (χ2v) is 4.01. The molecule has 0 aliphatic rings. The summed E-state index contributed by atoms with van der Waals surface area (Å²) in [5.41, 5.74) is 7.82. The highest BCUT2D eigenvalue weighted by molar-refractivity contribution is 7.10. The molecule has 0 aromatic carbocycles. The summed E-state index contributed by atoms with van der Waals surface area (Å²) in [5.74, 6) is 0.605. The maximum atomic E-state index is 5.66. The number of nitrogen functional groups attached to an aromatic ring is 1. The van der Waals surface area contributed by atoms with Crippen LogP contribution in [0.25, 0.3) is 0 Å². The molecule has 15 heavy (non-hydrogen) atoms. The van der Waals surface area contributed by atoms with Gasteiger partial charge in [-0.1, -0.05) is 6.07 Å². The minimum absolute atomic E-state index is 0.605. The molecular weight excluding hydrogens is 208 g/mol. The molecule has 2 aromatic rings. The van der Waals surface area contributed by atoms with Crippen molar-refractivity contribution in [1.82, 2.24) is 9.36 Å². The first-order valence-corrected chi connectivity index (χ1v) is 5.39. The maximum Gasteiger partial charge on any atom is 0.142 e. The number of rotatable bonds is 3. The number of aromatic nitrogens is 2. The van der Waals surface area contributed by atoms with E-state index in [1.807, 2.05) is 25.3 Å². The highest BCUT2D eigenvalue weighted by atomic mass is 32.1. The maximum absolute atomic E-state index is 5.66. The monoisotopic (exact) mass is 220 g/mol. The normalized spacial score (nSPS) is 10.2. The molecular formula is C10H12N4S. The fourth-order valence-electron chi connectivity index (χ4n) is 1.20. The Balaban J connectivity index is 2.02. The van der Waals surface area contributed by atoms with Gasteiger partial charge >= 0.3 is 0 Å². The molecule has 0 amide bonds. The van der Waals surface area contributed by atoms with E-state index in [2.05, 4.69) is 14.7 Å². The first-order valence-electron chi connectivity index (χ1n) is 4.62. The van der Waals surface area contributed by atoms with Crippen LogP contribution >= 0.6 is 11.5 Å². The van der Waals surface area contributed by atoms with Crippen molar-refractivity contribution >= 4 is 22.4 Å². The molecule has 0 spiro atoms. The summed E-state index contributed by atoms with van der Waals surface area (Å²) < 4.78 is 4.07. The lowest BCUT2D eigenvalue weighted by molar-refractivity contribution is 1.12. The van der Waals surface area contributed by atoms with Crippen LogP contribution in [0.4, 0.5) is 10.8 Å². The molecule has 3 N–H and O–H groups in total. The van der Waals surface area contributed by atoms with Crippen molar-refractivity contribution in [2.24, 2.45) is 0 Å². The van der Waals surface area contributed by atoms with E-state index in [0.717, 1.165) is 22.7 Å². The van der Waals surface area contributed by atoms with Crippen LogP contribution in [-0.4, -0.2) is 9.36 Å². The summed E-state index contributed by atoms with van der Waals surface area (Å²) in [5, 5.41) is 4.31. The topological polar surface area (TPSA) is 63.8 Å². The molecule has 0 fully saturated rings. The molecule has 78 valence electrons. The highest BCUT2D eigenvalue weighted by Gasteiger charge is 2.05. The van der Waals surface area contributed by atoms with Crippen molar-refractivity contribution in [2.75, 3.05) is 11.1 Å². The van der Waals surface area contributed by atoms with Crippen molar-refractivity contribution < 1.29 is 0 Å². The van der Waals surface area contributed by atoms with Crippen molar-refractivity contribution in [3.63, 3.8) is 0 Å². The Morgan fingerprint density at radius 3 is 3.00 bits per heavy atom. The summed E-state index contributed by atoms with van der Waals surface area (Å²) in [6.45, 7) is 2.71. The summed E-state index contributed by atoms with van der Waals surface area (Å²) >= 11 is 1.39. The number of nitrogens with zero attached hydrogens (tertiary/aromatic N) is 2. The lowest BCUT2D eigenvalue weighted by Crippen LogP contribution is -1.99. The Hall–Kier alpha value is -1.62. The van der Waals surface area contributed by atoms with E-state index >= 15 is 0 Å². The smallest absolute Gasteiger partial charge is 0.142 e. The van der Waals surface area contributed by atoms with E-state index in [-0.39, 0.29) is 0 Å². The second kappa shape index (κ2) is 4.27. The van der Waals surface area contributed by atoms with Gasteiger partial charge < -0.3 is 11.1 Å². The third-order valence-corrected chi connectivity index (χ3v) is 3.06. The lowest BCUT2D eigenvalue weighted by Gasteiger charge is -2.03. The minimum atomic E-state index is 0.605. The highest BCUT2D eigenvalue weighted by Crippen LogP contribution is 2.25. The standard InChI is InChI=1S/C10H12N4S/c1-7-9(11)14-15-10(7)13-6-8-3-2-4-12-5-8/h2-5,13H,6H2,1H3,(H2,11,14). The van der Waals surface area contributed by atoms with Crippen LogP contribution in [-0.2, 0) is 6.54 Å². The van der Waals surface area contributed by atoms with Crippen LogP contribution in [0.1, 0.15) is 11.1 Å². The first-order chi connectivity index (χ1) is 7.27. The number of nitrogens with two attached hydrogens (primary N) is 1. The van der Waals surface area contributed by atoms with E-state index in [4.69, 9.17) is 5.73 Å². The summed E-state index contributed by atoms with van der Waals surface area (Å²) in [4.78, 5) is 4.05. The summed E-state index contributed by atoms with van der Waals surface area (Å²) in [6.07, 6.45) is 3.60. The molecule has 2 aromatic heterocycles. The quantitative estimate of drug-likeness (QED) is 0.830.